The molecule has 1 aliphatic rings. The first-order valence-corrected chi connectivity index (χ1v) is 12.1. The van der Waals surface area contributed by atoms with E-state index in [-0.39, 0.29) is 70.3 Å². The zero-order chi connectivity index (χ0) is 24.1. The van der Waals surface area contributed by atoms with Gasteiger partial charge in [0.1, 0.15) is 0 Å². The molecule has 0 radical (unpaired) electrons. The van der Waals surface area contributed by atoms with Crippen LogP contribution in [0.5, 0.6) is 0 Å². The van der Waals surface area contributed by atoms with Gasteiger partial charge in [-0.25, -0.2) is 5.57 Å². The molecular formula is C33H37Cl3Ti. The first-order chi connectivity index (χ1) is 15.5. The SMILES string of the molecule is CC1=[C-]C(C(c2cc(C)cc(C)c2)(c2cc(C)cc(C)c2)c2cc(C)cc(C)c2)C(C)=C1C.[Cl-].[Cl-].[Cl-].[Ti+4]. The Labute approximate surface area is 258 Å². The second kappa shape index (κ2) is 13.7. The van der Waals surface area contributed by atoms with Crippen molar-refractivity contribution in [3.8, 4) is 0 Å². The molecule has 4 heteroatoms. The fraction of sp³-hybridized carbons (Fsp3) is 0.333. The Kier molecular flexibility index (Phi) is 13.2. The Hall–Kier alpha value is -1.28. The van der Waals surface area contributed by atoms with Gasteiger partial charge in [0.25, 0.3) is 0 Å². The molecule has 4 rings (SSSR count). The van der Waals surface area contributed by atoms with Crippen molar-refractivity contribution in [2.75, 3.05) is 0 Å². The van der Waals surface area contributed by atoms with Gasteiger partial charge < -0.3 is 37.2 Å². The van der Waals surface area contributed by atoms with E-state index in [4.69, 9.17) is 0 Å². The van der Waals surface area contributed by atoms with Crippen LogP contribution < -0.4 is 37.2 Å². The fourth-order valence-electron chi connectivity index (χ4n) is 5.99. The normalized spacial score (nSPS) is 14.6. The average molecular weight is 588 g/mol. The van der Waals surface area contributed by atoms with Gasteiger partial charge in [0.2, 0.25) is 0 Å². The summed E-state index contributed by atoms with van der Waals surface area (Å²) in [5, 5.41) is 0. The van der Waals surface area contributed by atoms with E-state index in [1.165, 1.54) is 66.8 Å². The first-order valence-electron chi connectivity index (χ1n) is 12.1. The van der Waals surface area contributed by atoms with Gasteiger partial charge in [-0.05, 0) is 58.2 Å². The monoisotopic (exact) mass is 586 g/mol. The molecule has 0 saturated carbocycles. The number of halogens is 3. The van der Waals surface area contributed by atoms with E-state index < -0.39 is 0 Å². The Morgan fingerprint density at radius 1 is 0.486 bits per heavy atom. The van der Waals surface area contributed by atoms with Gasteiger partial charge >= 0.3 is 21.7 Å². The standard InChI is InChI=1S/C33H37.3ClH.Ti/c1-20-10-21(2)14-29(13-20)33(30-15-22(3)11-23(4)16-30,31-17-24(5)12-25(6)18-31)32-19-26(7)27(8)28(32)9;;;;/h10-18,32H,1-9H3;3*1H;/q-1;;;;+4/p-3. The fourth-order valence-corrected chi connectivity index (χ4v) is 5.99. The molecule has 0 N–H and O–H groups in total. The van der Waals surface area contributed by atoms with E-state index in [1.807, 2.05) is 0 Å². The van der Waals surface area contributed by atoms with Crippen LogP contribution in [0.1, 0.15) is 70.8 Å². The largest absolute Gasteiger partial charge is 4.00 e. The predicted octanol–water partition coefficient (Wildman–Crippen LogP) is -0.403. The summed E-state index contributed by atoms with van der Waals surface area (Å²) in [5.41, 5.74) is 15.6. The van der Waals surface area contributed by atoms with Crippen LogP contribution >= 0.6 is 0 Å². The molecule has 1 unspecified atom stereocenters. The topological polar surface area (TPSA) is 0 Å². The molecule has 0 nitrogen and oxygen atoms in total. The summed E-state index contributed by atoms with van der Waals surface area (Å²) in [7, 11) is 0. The van der Waals surface area contributed by atoms with E-state index in [1.54, 1.807) is 0 Å². The summed E-state index contributed by atoms with van der Waals surface area (Å²) in [4.78, 5) is 0. The maximum absolute atomic E-state index is 3.95. The molecule has 0 bridgehead atoms. The van der Waals surface area contributed by atoms with Gasteiger partial charge in [0.15, 0.2) is 0 Å². The summed E-state index contributed by atoms with van der Waals surface area (Å²) < 4.78 is 0. The molecule has 3 aromatic carbocycles. The molecule has 3 aromatic rings. The smallest absolute Gasteiger partial charge is 1.00 e. The minimum absolute atomic E-state index is 0. The molecule has 0 fully saturated rings. The van der Waals surface area contributed by atoms with Crippen molar-refractivity contribution in [2.24, 2.45) is 5.92 Å². The number of benzene rings is 3. The number of hydrogen-bond acceptors (Lipinski definition) is 0. The number of rotatable bonds is 4. The Balaban J connectivity index is 0.00000324. The molecule has 0 aliphatic heterocycles. The van der Waals surface area contributed by atoms with E-state index in [2.05, 4.69) is 123 Å². The molecule has 0 spiro atoms. The van der Waals surface area contributed by atoms with Crippen molar-refractivity contribution in [1.29, 1.82) is 0 Å². The third kappa shape index (κ3) is 6.66. The van der Waals surface area contributed by atoms with Gasteiger partial charge in [-0.1, -0.05) is 108 Å². The van der Waals surface area contributed by atoms with Crippen LogP contribution in [0.15, 0.2) is 71.3 Å². The van der Waals surface area contributed by atoms with Crippen molar-refractivity contribution in [2.45, 2.75) is 67.7 Å². The zero-order valence-corrected chi connectivity index (χ0v) is 27.2. The summed E-state index contributed by atoms with van der Waals surface area (Å²) in [6.45, 7) is 20.1. The van der Waals surface area contributed by atoms with Crippen molar-refractivity contribution in [3.05, 3.63) is 127 Å². The molecule has 0 saturated heterocycles. The molecule has 194 valence electrons. The summed E-state index contributed by atoms with van der Waals surface area (Å²) in [6.07, 6.45) is 3.95. The van der Waals surface area contributed by atoms with Gasteiger partial charge in [0.05, 0.1) is 0 Å². The quantitative estimate of drug-likeness (QED) is 0.222. The van der Waals surface area contributed by atoms with Crippen LogP contribution in [0.4, 0.5) is 0 Å². The zero-order valence-electron chi connectivity index (χ0n) is 23.4. The first kappa shape index (κ1) is 35.7. The average Bonchev–Trinajstić information content (AvgIpc) is 2.94. The van der Waals surface area contributed by atoms with E-state index >= 15 is 0 Å². The summed E-state index contributed by atoms with van der Waals surface area (Å²) in [6, 6.07) is 21.3. The van der Waals surface area contributed by atoms with Crippen LogP contribution in [-0.4, -0.2) is 0 Å². The van der Waals surface area contributed by atoms with Crippen LogP contribution in [0.25, 0.3) is 0 Å². The van der Waals surface area contributed by atoms with E-state index in [0.717, 1.165) is 0 Å². The van der Waals surface area contributed by atoms with Crippen molar-refractivity contribution >= 4 is 0 Å². The maximum Gasteiger partial charge on any atom is 4.00 e. The van der Waals surface area contributed by atoms with Gasteiger partial charge in [-0.15, -0.1) is 6.92 Å². The molecule has 0 amide bonds. The van der Waals surface area contributed by atoms with Crippen LogP contribution in [0, 0.1) is 53.5 Å². The molecule has 0 aromatic heterocycles. The molecule has 37 heavy (non-hydrogen) atoms. The van der Waals surface area contributed by atoms with Crippen LogP contribution in [0.2, 0.25) is 0 Å². The second-order valence-electron chi connectivity index (χ2n) is 10.4. The Morgan fingerprint density at radius 2 is 0.757 bits per heavy atom. The number of allylic oxidation sites excluding steroid dienone is 4. The molecular weight excluding hydrogens is 551 g/mol. The Morgan fingerprint density at radius 3 is 0.973 bits per heavy atom. The van der Waals surface area contributed by atoms with Crippen LogP contribution in [0.3, 0.4) is 0 Å². The minimum atomic E-state index is -0.354. The van der Waals surface area contributed by atoms with Crippen molar-refractivity contribution < 1.29 is 58.9 Å². The van der Waals surface area contributed by atoms with Gasteiger partial charge in [-0.2, -0.15) is 11.1 Å². The van der Waals surface area contributed by atoms with E-state index in [0.29, 0.717) is 0 Å². The maximum atomic E-state index is 3.95. The van der Waals surface area contributed by atoms with Crippen molar-refractivity contribution in [3.63, 3.8) is 0 Å². The molecule has 1 aliphatic carbocycles. The van der Waals surface area contributed by atoms with E-state index in [9.17, 15) is 0 Å². The van der Waals surface area contributed by atoms with Gasteiger partial charge in [0, 0.05) is 5.41 Å². The van der Waals surface area contributed by atoms with Crippen molar-refractivity contribution in [1.82, 2.24) is 0 Å². The summed E-state index contributed by atoms with van der Waals surface area (Å²) >= 11 is 0. The third-order valence-electron chi connectivity index (χ3n) is 7.41. The number of aryl methyl sites for hydroxylation is 6. The molecule has 0 heterocycles. The van der Waals surface area contributed by atoms with Gasteiger partial charge in [-0.3, -0.25) is 6.08 Å². The van der Waals surface area contributed by atoms with Crippen LogP contribution in [-0.2, 0) is 27.1 Å². The minimum Gasteiger partial charge on any atom is -1.00 e. The summed E-state index contributed by atoms with van der Waals surface area (Å²) in [5.74, 6) is 0.140. The molecule has 1 atom stereocenters. The second-order valence-corrected chi connectivity index (χ2v) is 10.4. The Bertz CT molecular complexity index is 1130. The number of hydrogen-bond donors (Lipinski definition) is 0. The third-order valence-corrected chi connectivity index (χ3v) is 7.41. The predicted molar refractivity (Wildman–Crippen MR) is 142 cm³/mol.